The second-order valence-corrected chi connectivity index (χ2v) is 6.25. The van der Waals surface area contributed by atoms with Gasteiger partial charge in [0, 0.05) is 6.54 Å². The minimum absolute atomic E-state index is 0. The summed E-state index contributed by atoms with van der Waals surface area (Å²) < 4.78 is 4.89. The topological polar surface area (TPSA) is 81.4 Å². The summed E-state index contributed by atoms with van der Waals surface area (Å²) in [5.74, 6) is -1.00. The molecule has 5 nitrogen and oxygen atoms in total. The maximum atomic E-state index is 12.1. The number of ether oxygens (including phenoxy) is 1. The maximum Gasteiger partial charge on any atom is 0.310 e. The van der Waals surface area contributed by atoms with E-state index in [1.54, 1.807) is 0 Å². The molecule has 0 aliphatic rings. The van der Waals surface area contributed by atoms with Gasteiger partial charge in [0.15, 0.2) is 0 Å². The van der Waals surface area contributed by atoms with Crippen LogP contribution in [0, 0.1) is 5.92 Å². The molecule has 0 aliphatic heterocycles. The molecule has 0 saturated heterocycles. The fraction of sp³-hybridized carbons (Fsp3) is 0.400. The summed E-state index contributed by atoms with van der Waals surface area (Å²) in [5.41, 5.74) is 6.84. The predicted octanol–water partition coefficient (Wildman–Crippen LogP) is 2.84. The van der Waals surface area contributed by atoms with Crippen molar-refractivity contribution in [1.82, 2.24) is 5.32 Å². The van der Waals surface area contributed by atoms with E-state index in [0.717, 1.165) is 22.8 Å². The number of carbonyl (C=O) groups excluding carboxylic acids is 2. The van der Waals surface area contributed by atoms with Crippen LogP contribution in [0.5, 0.6) is 0 Å². The molecule has 2 aromatic carbocycles. The van der Waals surface area contributed by atoms with Gasteiger partial charge in [0.2, 0.25) is 5.91 Å². The van der Waals surface area contributed by atoms with E-state index >= 15 is 0 Å². The van der Waals surface area contributed by atoms with Crippen molar-refractivity contribution >= 4 is 35.1 Å². The van der Waals surface area contributed by atoms with Crippen LogP contribution in [0.15, 0.2) is 42.5 Å². The summed E-state index contributed by atoms with van der Waals surface area (Å²) in [5, 5.41) is 5.05. The normalized spacial score (nSPS) is 12.7. The van der Waals surface area contributed by atoms with E-state index in [2.05, 4.69) is 11.4 Å². The fourth-order valence-electron chi connectivity index (χ4n) is 2.85. The average molecular weight is 379 g/mol. The summed E-state index contributed by atoms with van der Waals surface area (Å²) >= 11 is 0. The van der Waals surface area contributed by atoms with E-state index < -0.39 is 12.0 Å². The summed E-state index contributed by atoms with van der Waals surface area (Å²) in [6.07, 6.45) is 1.96. The Balaban J connectivity index is 0.00000338. The van der Waals surface area contributed by atoms with E-state index in [1.807, 2.05) is 43.3 Å². The second-order valence-electron chi connectivity index (χ2n) is 6.25. The zero-order chi connectivity index (χ0) is 18.2. The second kappa shape index (κ2) is 10.8. The highest BCUT2D eigenvalue weighted by atomic mass is 35.5. The number of hydrogen-bond donors (Lipinski definition) is 2. The maximum absolute atomic E-state index is 12.1. The Morgan fingerprint density at radius 3 is 2.50 bits per heavy atom. The molecular weight excluding hydrogens is 352 g/mol. The molecular formula is C20H27ClN2O3. The third kappa shape index (κ3) is 6.00. The highest BCUT2D eigenvalue weighted by Crippen LogP contribution is 2.18. The van der Waals surface area contributed by atoms with Crippen LogP contribution >= 0.6 is 12.4 Å². The molecule has 0 radical (unpaired) electrons. The predicted molar refractivity (Wildman–Crippen MR) is 106 cm³/mol. The largest absolute Gasteiger partial charge is 0.469 e. The molecule has 1 amide bonds. The van der Waals surface area contributed by atoms with Crippen molar-refractivity contribution in [2.75, 3.05) is 13.7 Å². The minimum atomic E-state index is -0.538. The first kappa shape index (κ1) is 21.9. The summed E-state index contributed by atoms with van der Waals surface area (Å²) in [6.45, 7) is 2.19. The number of nitrogens with one attached hydrogen (secondary N) is 1. The van der Waals surface area contributed by atoms with Gasteiger partial charge in [-0.25, -0.2) is 0 Å². The van der Waals surface area contributed by atoms with Crippen molar-refractivity contribution in [3.63, 3.8) is 0 Å². The number of amides is 1. The molecule has 6 heteroatoms. The molecule has 2 atom stereocenters. The Hall–Kier alpha value is -2.11. The molecule has 0 fully saturated rings. The van der Waals surface area contributed by atoms with Crippen molar-refractivity contribution in [1.29, 1.82) is 0 Å². The Morgan fingerprint density at radius 2 is 1.85 bits per heavy atom. The van der Waals surface area contributed by atoms with Gasteiger partial charge in [-0.05, 0) is 29.2 Å². The first-order valence-corrected chi connectivity index (χ1v) is 8.64. The summed E-state index contributed by atoms with van der Waals surface area (Å²) in [7, 11) is 1.36. The van der Waals surface area contributed by atoms with Crippen LogP contribution in [0.3, 0.4) is 0 Å². The Kier molecular flexibility index (Phi) is 9.10. The highest BCUT2D eigenvalue weighted by molar-refractivity contribution is 5.85. The van der Waals surface area contributed by atoms with Crippen molar-refractivity contribution in [2.45, 2.75) is 32.2 Å². The van der Waals surface area contributed by atoms with Crippen LogP contribution in [0.2, 0.25) is 0 Å². The summed E-state index contributed by atoms with van der Waals surface area (Å²) in [6, 6.07) is 13.6. The molecule has 2 rings (SSSR count). The first-order chi connectivity index (χ1) is 12.0. The van der Waals surface area contributed by atoms with Crippen molar-refractivity contribution in [2.24, 2.45) is 11.7 Å². The van der Waals surface area contributed by atoms with Crippen LogP contribution in [0.1, 0.15) is 25.3 Å². The van der Waals surface area contributed by atoms with Crippen LogP contribution in [0.4, 0.5) is 0 Å². The molecule has 0 bridgehead atoms. The fourth-order valence-corrected chi connectivity index (χ4v) is 2.85. The number of benzene rings is 2. The quantitative estimate of drug-likeness (QED) is 0.692. The summed E-state index contributed by atoms with van der Waals surface area (Å²) in [4.78, 5) is 24.1. The van der Waals surface area contributed by atoms with Gasteiger partial charge in [0.1, 0.15) is 0 Å². The first-order valence-electron chi connectivity index (χ1n) is 8.64. The minimum Gasteiger partial charge on any atom is -0.469 e. The number of halogens is 1. The molecule has 0 spiro atoms. The highest BCUT2D eigenvalue weighted by Gasteiger charge is 2.22. The lowest BCUT2D eigenvalue weighted by atomic mass is 9.97. The Bertz CT molecular complexity index is 736. The van der Waals surface area contributed by atoms with Gasteiger partial charge in [-0.15, -0.1) is 12.4 Å². The number of hydrogen-bond acceptors (Lipinski definition) is 4. The molecule has 0 aromatic heterocycles. The third-order valence-corrected chi connectivity index (χ3v) is 4.29. The van der Waals surface area contributed by atoms with E-state index in [9.17, 15) is 9.59 Å². The standard InChI is InChI=1S/C20H26N2O3.ClH/c1-3-6-18(21)19(23)22-13-17(20(24)25-2)12-14-9-10-15-7-4-5-8-16(15)11-14;/h4-5,7-11,17-18H,3,6,12-13,21H2,1-2H3,(H,22,23);1H. The van der Waals surface area contributed by atoms with Crippen molar-refractivity contribution in [3.8, 4) is 0 Å². The Labute approximate surface area is 160 Å². The number of esters is 1. The van der Waals surface area contributed by atoms with Crippen molar-refractivity contribution < 1.29 is 14.3 Å². The van der Waals surface area contributed by atoms with E-state index in [-0.39, 0.29) is 30.8 Å². The SMILES string of the molecule is CCCC(N)C(=O)NCC(Cc1ccc2ccccc2c1)C(=O)OC.Cl. The zero-order valence-electron chi connectivity index (χ0n) is 15.2. The van der Waals surface area contributed by atoms with Crippen LogP contribution < -0.4 is 11.1 Å². The van der Waals surface area contributed by atoms with Gasteiger partial charge in [0.25, 0.3) is 0 Å². The molecule has 2 aromatic rings. The van der Waals surface area contributed by atoms with E-state index in [4.69, 9.17) is 10.5 Å². The molecule has 142 valence electrons. The number of rotatable bonds is 8. The lowest BCUT2D eigenvalue weighted by Gasteiger charge is -2.17. The Morgan fingerprint density at radius 1 is 1.15 bits per heavy atom. The molecule has 26 heavy (non-hydrogen) atoms. The van der Waals surface area contributed by atoms with Crippen molar-refractivity contribution in [3.05, 3.63) is 48.0 Å². The smallest absolute Gasteiger partial charge is 0.310 e. The molecule has 3 N–H and O–H groups in total. The zero-order valence-corrected chi connectivity index (χ0v) is 16.1. The number of fused-ring (bicyclic) bond motifs is 1. The third-order valence-electron chi connectivity index (χ3n) is 4.29. The van der Waals surface area contributed by atoms with Crippen LogP contribution in [0.25, 0.3) is 10.8 Å². The van der Waals surface area contributed by atoms with Crippen LogP contribution in [-0.2, 0) is 20.7 Å². The average Bonchev–Trinajstić information content (AvgIpc) is 2.64. The molecule has 0 saturated carbocycles. The lowest BCUT2D eigenvalue weighted by molar-refractivity contribution is -0.145. The lowest BCUT2D eigenvalue weighted by Crippen LogP contribution is -2.43. The molecule has 2 unspecified atom stereocenters. The monoisotopic (exact) mass is 378 g/mol. The number of carbonyl (C=O) groups is 2. The van der Waals surface area contributed by atoms with Crippen LogP contribution in [-0.4, -0.2) is 31.6 Å². The molecule has 0 aliphatic carbocycles. The van der Waals surface area contributed by atoms with Gasteiger partial charge >= 0.3 is 5.97 Å². The van der Waals surface area contributed by atoms with Gasteiger partial charge in [0.05, 0.1) is 19.1 Å². The number of methoxy groups -OCH3 is 1. The van der Waals surface area contributed by atoms with Gasteiger partial charge < -0.3 is 15.8 Å². The molecule has 0 heterocycles. The number of nitrogens with two attached hydrogens (primary N) is 1. The van der Waals surface area contributed by atoms with Gasteiger partial charge in [-0.1, -0.05) is 55.8 Å². The van der Waals surface area contributed by atoms with E-state index in [0.29, 0.717) is 12.8 Å². The van der Waals surface area contributed by atoms with E-state index in [1.165, 1.54) is 7.11 Å². The van der Waals surface area contributed by atoms with Gasteiger partial charge in [-0.3, -0.25) is 9.59 Å². The van der Waals surface area contributed by atoms with Gasteiger partial charge in [-0.2, -0.15) is 0 Å².